The summed E-state index contributed by atoms with van der Waals surface area (Å²) in [6, 6.07) is 8.67. The van der Waals surface area contributed by atoms with Crippen LogP contribution < -0.4 is 4.90 Å². The number of aromatic nitrogens is 3. The molecular formula is C22H33N5O2S. The van der Waals surface area contributed by atoms with Crippen LogP contribution in [0.2, 0.25) is 0 Å². The third-order valence-electron chi connectivity index (χ3n) is 5.25. The smallest absolute Gasteiger partial charge is 0.233 e. The van der Waals surface area contributed by atoms with Gasteiger partial charge in [-0.2, -0.15) is 0 Å². The highest BCUT2D eigenvalue weighted by Gasteiger charge is 2.25. The Balaban J connectivity index is 1.93. The van der Waals surface area contributed by atoms with Crippen molar-refractivity contribution < 1.29 is 9.53 Å². The van der Waals surface area contributed by atoms with E-state index >= 15 is 0 Å². The molecule has 2 aromatic rings. The van der Waals surface area contributed by atoms with Gasteiger partial charge in [-0.3, -0.25) is 9.36 Å². The van der Waals surface area contributed by atoms with Gasteiger partial charge in [0.15, 0.2) is 5.16 Å². The van der Waals surface area contributed by atoms with Crippen LogP contribution in [0.4, 0.5) is 5.95 Å². The predicted octanol–water partition coefficient (Wildman–Crippen LogP) is 3.40. The highest BCUT2D eigenvalue weighted by atomic mass is 32.2. The normalized spacial score (nSPS) is 14.6. The van der Waals surface area contributed by atoms with Crippen molar-refractivity contribution in [1.82, 2.24) is 19.7 Å². The van der Waals surface area contributed by atoms with E-state index < -0.39 is 0 Å². The van der Waals surface area contributed by atoms with Gasteiger partial charge in [0.1, 0.15) is 0 Å². The van der Waals surface area contributed by atoms with Crippen molar-refractivity contribution in [2.24, 2.45) is 0 Å². The van der Waals surface area contributed by atoms with Crippen LogP contribution in [0.1, 0.15) is 40.2 Å². The molecule has 0 spiro atoms. The molecule has 0 aliphatic carbocycles. The lowest BCUT2D eigenvalue weighted by Gasteiger charge is -2.30. The predicted molar refractivity (Wildman–Crippen MR) is 122 cm³/mol. The quantitative estimate of drug-likeness (QED) is 0.597. The molecule has 1 aliphatic rings. The van der Waals surface area contributed by atoms with Gasteiger partial charge in [0, 0.05) is 25.2 Å². The van der Waals surface area contributed by atoms with E-state index in [-0.39, 0.29) is 18.0 Å². The molecule has 0 unspecified atom stereocenters. The number of morpholine rings is 1. The van der Waals surface area contributed by atoms with E-state index in [1.165, 1.54) is 17.3 Å². The number of thioether (sulfide) groups is 1. The minimum absolute atomic E-state index is 0.122. The van der Waals surface area contributed by atoms with E-state index in [9.17, 15) is 4.79 Å². The third kappa shape index (κ3) is 4.98. The molecule has 2 heterocycles. The molecule has 0 atom stereocenters. The molecule has 0 bridgehead atoms. The number of hydrogen-bond acceptors (Lipinski definition) is 6. The molecule has 1 aromatic carbocycles. The Labute approximate surface area is 183 Å². The van der Waals surface area contributed by atoms with Crippen LogP contribution in [-0.4, -0.2) is 69.7 Å². The van der Waals surface area contributed by atoms with Gasteiger partial charge in [0.2, 0.25) is 11.9 Å². The Morgan fingerprint density at radius 2 is 1.80 bits per heavy atom. The highest BCUT2D eigenvalue weighted by Crippen LogP contribution is 2.29. The van der Waals surface area contributed by atoms with Gasteiger partial charge in [0.05, 0.1) is 24.7 Å². The van der Waals surface area contributed by atoms with Gasteiger partial charge in [-0.25, -0.2) is 0 Å². The van der Waals surface area contributed by atoms with E-state index in [4.69, 9.17) is 4.74 Å². The number of amides is 1. The fraction of sp³-hybridized carbons (Fsp3) is 0.591. The van der Waals surface area contributed by atoms with E-state index in [1.54, 1.807) is 0 Å². The van der Waals surface area contributed by atoms with Crippen LogP contribution >= 0.6 is 11.8 Å². The lowest BCUT2D eigenvalue weighted by atomic mass is 10.1. The molecule has 30 heavy (non-hydrogen) atoms. The SMILES string of the molecule is CCc1ccccc1-n1c(SCC(=O)N(C(C)C)C(C)C)nnc1N1CCOCC1. The number of benzene rings is 1. The summed E-state index contributed by atoms with van der Waals surface area (Å²) in [5.41, 5.74) is 2.30. The second-order valence-corrected chi connectivity index (χ2v) is 8.92. The number of ether oxygens (including phenoxy) is 1. The number of carbonyl (C=O) groups excluding carboxylic acids is 1. The summed E-state index contributed by atoms with van der Waals surface area (Å²) in [4.78, 5) is 17.0. The molecule has 1 aliphatic heterocycles. The maximum atomic E-state index is 12.9. The zero-order valence-corrected chi connectivity index (χ0v) is 19.5. The van der Waals surface area contributed by atoms with Crippen LogP contribution in [0.5, 0.6) is 0 Å². The maximum absolute atomic E-state index is 12.9. The molecule has 1 amide bonds. The summed E-state index contributed by atoms with van der Waals surface area (Å²) in [6.07, 6.45) is 0.911. The number of aryl methyl sites for hydroxylation is 1. The number of nitrogens with zero attached hydrogens (tertiary/aromatic N) is 5. The minimum Gasteiger partial charge on any atom is -0.378 e. The fourth-order valence-corrected chi connectivity index (χ4v) is 4.75. The van der Waals surface area contributed by atoms with Crippen molar-refractivity contribution in [3.8, 4) is 5.69 Å². The van der Waals surface area contributed by atoms with Gasteiger partial charge in [-0.15, -0.1) is 10.2 Å². The van der Waals surface area contributed by atoms with E-state index in [1.807, 2.05) is 11.0 Å². The van der Waals surface area contributed by atoms with Crippen LogP contribution in [0, 0.1) is 0 Å². The number of carbonyl (C=O) groups is 1. The molecule has 0 N–H and O–H groups in total. The first-order valence-corrected chi connectivity index (χ1v) is 11.7. The summed E-state index contributed by atoms with van der Waals surface area (Å²) < 4.78 is 7.62. The second kappa shape index (κ2) is 10.3. The first kappa shape index (κ1) is 22.6. The largest absolute Gasteiger partial charge is 0.378 e. The average molecular weight is 432 g/mol. The molecule has 1 aromatic heterocycles. The standard InChI is InChI=1S/C22H33N5O2S/c1-6-18-9-7-8-10-19(18)27-21(25-11-13-29-14-12-25)23-24-22(27)30-15-20(28)26(16(2)3)17(4)5/h7-10,16-17H,6,11-15H2,1-5H3. The third-order valence-corrected chi connectivity index (χ3v) is 6.16. The van der Waals surface area contributed by atoms with Crippen molar-refractivity contribution in [1.29, 1.82) is 0 Å². The number of para-hydroxylation sites is 1. The fourth-order valence-electron chi connectivity index (χ4n) is 3.94. The number of rotatable bonds is 8. The van der Waals surface area contributed by atoms with Crippen molar-refractivity contribution in [2.45, 2.75) is 58.3 Å². The Bertz CT molecular complexity index is 838. The Kier molecular flexibility index (Phi) is 7.77. The van der Waals surface area contributed by atoms with Crippen molar-refractivity contribution in [3.05, 3.63) is 29.8 Å². The van der Waals surface area contributed by atoms with Gasteiger partial charge < -0.3 is 14.5 Å². The molecule has 1 fully saturated rings. The van der Waals surface area contributed by atoms with Crippen molar-refractivity contribution >= 4 is 23.6 Å². The van der Waals surface area contributed by atoms with Crippen molar-refractivity contribution in [3.63, 3.8) is 0 Å². The first-order chi connectivity index (χ1) is 14.4. The summed E-state index contributed by atoms with van der Waals surface area (Å²) in [5.74, 6) is 1.28. The maximum Gasteiger partial charge on any atom is 0.233 e. The summed E-state index contributed by atoms with van der Waals surface area (Å²) in [5, 5.41) is 9.76. The zero-order valence-electron chi connectivity index (χ0n) is 18.7. The molecule has 0 radical (unpaired) electrons. The molecule has 7 nitrogen and oxygen atoms in total. The zero-order chi connectivity index (χ0) is 21.7. The average Bonchev–Trinajstić information content (AvgIpc) is 3.16. The monoisotopic (exact) mass is 431 g/mol. The molecular weight excluding hydrogens is 398 g/mol. The Hall–Kier alpha value is -2.06. The Morgan fingerprint density at radius 1 is 1.13 bits per heavy atom. The number of hydrogen-bond donors (Lipinski definition) is 0. The summed E-state index contributed by atoms with van der Waals surface area (Å²) in [7, 11) is 0. The number of anilines is 1. The molecule has 8 heteroatoms. The summed E-state index contributed by atoms with van der Waals surface area (Å²) in [6.45, 7) is 13.3. The minimum atomic E-state index is 0.122. The molecule has 164 valence electrons. The molecule has 3 rings (SSSR count). The van der Waals surface area contributed by atoms with Gasteiger partial charge in [-0.1, -0.05) is 36.9 Å². The van der Waals surface area contributed by atoms with Gasteiger partial charge in [-0.05, 0) is 45.7 Å². The summed E-state index contributed by atoms with van der Waals surface area (Å²) >= 11 is 1.46. The second-order valence-electron chi connectivity index (χ2n) is 7.98. The van der Waals surface area contributed by atoms with Crippen LogP contribution in [0.15, 0.2) is 29.4 Å². The van der Waals surface area contributed by atoms with Gasteiger partial charge >= 0.3 is 0 Å². The van der Waals surface area contributed by atoms with Crippen LogP contribution in [0.3, 0.4) is 0 Å². The van der Waals surface area contributed by atoms with Crippen LogP contribution in [-0.2, 0) is 16.0 Å². The topological polar surface area (TPSA) is 63.5 Å². The van der Waals surface area contributed by atoms with E-state index in [0.29, 0.717) is 19.0 Å². The van der Waals surface area contributed by atoms with E-state index in [2.05, 4.69) is 72.5 Å². The van der Waals surface area contributed by atoms with E-state index in [0.717, 1.165) is 36.3 Å². The lowest BCUT2D eigenvalue weighted by molar-refractivity contribution is -0.131. The van der Waals surface area contributed by atoms with Gasteiger partial charge in [0.25, 0.3) is 0 Å². The molecule has 1 saturated heterocycles. The highest BCUT2D eigenvalue weighted by molar-refractivity contribution is 7.99. The Morgan fingerprint density at radius 3 is 2.43 bits per heavy atom. The first-order valence-electron chi connectivity index (χ1n) is 10.7. The molecule has 0 saturated carbocycles. The van der Waals surface area contributed by atoms with Crippen molar-refractivity contribution in [2.75, 3.05) is 37.0 Å². The van der Waals surface area contributed by atoms with Crippen LogP contribution in [0.25, 0.3) is 5.69 Å². The lowest BCUT2D eigenvalue weighted by Crippen LogP contribution is -2.43.